The van der Waals surface area contributed by atoms with Crippen molar-refractivity contribution in [1.29, 1.82) is 5.41 Å². The van der Waals surface area contributed by atoms with Gasteiger partial charge in [0, 0.05) is 28.6 Å². The van der Waals surface area contributed by atoms with Crippen molar-refractivity contribution in [3.05, 3.63) is 83.9 Å². The number of methoxy groups -OCH3 is 1. The molecular formula is C20H19N3O3S. The van der Waals surface area contributed by atoms with Gasteiger partial charge < -0.3 is 10.5 Å². The number of rotatable bonds is 6. The van der Waals surface area contributed by atoms with Crippen LogP contribution >= 0.6 is 0 Å². The van der Waals surface area contributed by atoms with E-state index in [0.29, 0.717) is 28.3 Å². The van der Waals surface area contributed by atoms with Crippen LogP contribution in [-0.4, -0.2) is 21.2 Å². The lowest BCUT2D eigenvalue weighted by Gasteiger charge is -2.13. The molecule has 0 saturated carbocycles. The predicted molar refractivity (Wildman–Crippen MR) is 107 cm³/mol. The zero-order valence-corrected chi connectivity index (χ0v) is 15.5. The highest BCUT2D eigenvalue weighted by molar-refractivity contribution is 7.92. The number of benzene rings is 3. The summed E-state index contributed by atoms with van der Waals surface area (Å²) in [5.41, 5.74) is 8.09. The Morgan fingerprint density at radius 2 is 1.74 bits per heavy atom. The first-order valence-corrected chi connectivity index (χ1v) is 9.60. The number of nitrogens with one attached hydrogen (secondary N) is 2. The molecule has 0 fully saturated rings. The Labute approximate surface area is 158 Å². The van der Waals surface area contributed by atoms with Crippen molar-refractivity contribution in [3.63, 3.8) is 0 Å². The third-order valence-corrected chi connectivity index (χ3v) is 5.37. The Kier molecular flexibility index (Phi) is 5.14. The van der Waals surface area contributed by atoms with Gasteiger partial charge in [0.25, 0.3) is 10.0 Å². The van der Waals surface area contributed by atoms with E-state index in [2.05, 4.69) is 4.72 Å². The summed E-state index contributed by atoms with van der Waals surface area (Å²) in [6, 6.07) is 20.0. The smallest absolute Gasteiger partial charge is 0.262 e. The molecule has 27 heavy (non-hydrogen) atoms. The highest BCUT2D eigenvalue weighted by Crippen LogP contribution is 2.24. The van der Waals surface area contributed by atoms with Gasteiger partial charge in [-0.1, -0.05) is 36.4 Å². The molecule has 0 atom stereocenters. The van der Waals surface area contributed by atoms with Gasteiger partial charge in [-0.05, 0) is 30.3 Å². The number of nitrogen functional groups attached to an aromatic ring is 1. The minimum absolute atomic E-state index is 0.0818. The van der Waals surface area contributed by atoms with Crippen LogP contribution in [0.25, 0.3) is 0 Å². The van der Waals surface area contributed by atoms with E-state index in [4.69, 9.17) is 15.9 Å². The molecule has 3 rings (SSSR count). The Balaban J connectivity index is 1.93. The molecular weight excluding hydrogens is 362 g/mol. The molecule has 0 aliphatic rings. The van der Waals surface area contributed by atoms with Crippen LogP contribution in [-0.2, 0) is 10.0 Å². The van der Waals surface area contributed by atoms with Crippen molar-refractivity contribution in [3.8, 4) is 5.75 Å². The maximum absolute atomic E-state index is 12.7. The monoisotopic (exact) mass is 381 g/mol. The number of sulfonamides is 1. The van der Waals surface area contributed by atoms with E-state index < -0.39 is 10.0 Å². The number of ether oxygens (including phenoxy) is 1. The van der Waals surface area contributed by atoms with Gasteiger partial charge in [-0.2, -0.15) is 0 Å². The second kappa shape index (κ2) is 7.51. The van der Waals surface area contributed by atoms with E-state index in [1.807, 2.05) is 18.2 Å². The summed E-state index contributed by atoms with van der Waals surface area (Å²) in [6.07, 6.45) is 0. The van der Waals surface area contributed by atoms with Crippen LogP contribution in [0.4, 0.5) is 11.4 Å². The SMILES string of the molecule is COc1cccc(S(=O)(=O)Nc2ccc(N)c(C(=N)c3ccccc3)c2)c1. The number of anilines is 2. The Hall–Kier alpha value is -3.32. The zero-order chi connectivity index (χ0) is 19.4. The van der Waals surface area contributed by atoms with E-state index in [1.165, 1.54) is 19.2 Å². The second-order valence-corrected chi connectivity index (χ2v) is 7.51. The van der Waals surface area contributed by atoms with Crippen LogP contribution in [0.3, 0.4) is 0 Å². The molecule has 7 heteroatoms. The molecule has 3 aromatic rings. The van der Waals surface area contributed by atoms with Crippen molar-refractivity contribution < 1.29 is 13.2 Å². The minimum atomic E-state index is -3.81. The fourth-order valence-electron chi connectivity index (χ4n) is 2.58. The highest BCUT2D eigenvalue weighted by atomic mass is 32.2. The Morgan fingerprint density at radius 3 is 2.44 bits per heavy atom. The third-order valence-electron chi connectivity index (χ3n) is 3.99. The standard InChI is InChI=1S/C20H19N3O3S/c1-26-16-8-5-9-17(13-16)27(24,25)23-15-10-11-19(21)18(12-15)20(22)14-6-3-2-4-7-14/h2-13,22-23H,21H2,1H3. The molecule has 0 spiro atoms. The first-order chi connectivity index (χ1) is 12.9. The highest BCUT2D eigenvalue weighted by Gasteiger charge is 2.17. The number of hydrogen-bond donors (Lipinski definition) is 3. The number of nitrogens with two attached hydrogens (primary N) is 1. The van der Waals surface area contributed by atoms with Crippen LogP contribution < -0.4 is 15.2 Å². The van der Waals surface area contributed by atoms with Gasteiger partial charge >= 0.3 is 0 Å². The van der Waals surface area contributed by atoms with Crippen LogP contribution in [0.15, 0.2) is 77.7 Å². The average molecular weight is 381 g/mol. The molecule has 0 heterocycles. The van der Waals surface area contributed by atoms with Gasteiger partial charge in [-0.15, -0.1) is 0 Å². The lowest BCUT2D eigenvalue weighted by atomic mass is 10.0. The van der Waals surface area contributed by atoms with Gasteiger partial charge in [0.05, 0.1) is 17.7 Å². The molecule has 0 radical (unpaired) electrons. The summed E-state index contributed by atoms with van der Waals surface area (Å²) in [6.45, 7) is 0. The van der Waals surface area contributed by atoms with Gasteiger partial charge in [-0.25, -0.2) is 8.42 Å². The molecule has 0 unspecified atom stereocenters. The quantitative estimate of drug-likeness (QED) is 0.449. The minimum Gasteiger partial charge on any atom is -0.497 e. The summed E-state index contributed by atoms with van der Waals surface area (Å²) >= 11 is 0. The van der Waals surface area contributed by atoms with E-state index in [0.717, 1.165) is 0 Å². The molecule has 0 aliphatic heterocycles. The van der Waals surface area contributed by atoms with Crippen molar-refractivity contribution in [2.24, 2.45) is 0 Å². The summed E-state index contributed by atoms with van der Waals surface area (Å²) in [5.74, 6) is 0.446. The van der Waals surface area contributed by atoms with Crippen LogP contribution in [0.5, 0.6) is 5.75 Å². The largest absolute Gasteiger partial charge is 0.497 e. The van der Waals surface area contributed by atoms with Crippen molar-refractivity contribution in [1.82, 2.24) is 0 Å². The topological polar surface area (TPSA) is 105 Å². The Morgan fingerprint density at radius 1 is 1.00 bits per heavy atom. The van der Waals surface area contributed by atoms with E-state index in [-0.39, 0.29) is 10.6 Å². The molecule has 4 N–H and O–H groups in total. The normalized spacial score (nSPS) is 11.0. The summed E-state index contributed by atoms with van der Waals surface area (Å²) in [5, 5.41) is 8.38. The predicted octanol–water partition coefficient (Wildman–Crippen LogP) is 3.49. The van der Waals surface area contributed by atoms with Crippen LogP contribution in [0.1, 0.15) is 11.1 Å². The van der Waals surface area contributed by atoms with Crippen molar-refractivity contribution in [2.45, 2.75) is 4.90 Å². The van der Waals surface area contributed by atoms with Gasteiger partial charge in [0.15, 0.2) is 0 Å². The summed E-state index contributed by atoms with van der Waals surface area (Å²) in [4.78, 5) is 0.0818. The Bertz CT molecular complexity index is 1080. The third kappa shape index (κ3) is 4.09. The maximum Gasteiger partial charge on any atom is 0.262 e. The molecule has 0 aromatic heterocycles. The average Bonchev–Trinajstić information content (AvgIpc) is 2.69. The van der Waals surface area contributed by atoms with E-state index in [9.17, 15) is 8.42 Å². The first kappa shape index (κ1) is 18.5. The van der Waals surface area contributed by atoms with E-state index >= 15 is 0 Å². The number of hydrogen-bond acceptors (Lipinski definition) is 5. The van der Waals surface area contributed by atoms with Crippen molar-refractivity contribution in [2.75, 3.05) is 17.6 Å². The molecule has 0 aliphatic carbocycles. The fraction of sp³-hybridized carbons (Fsp3) is 0.0500. The van der Waals surface area contributed by atoms with Crippen molar-refractivity contribution >= 4 is 27.1 Å². The molecule has 0 amide bonds. The molecule has 0 bridgehead atoms. The van der Waals surface area contributed by atoms with Gasteiger partial charge in [0.2, 0.25) is 0 Å². The molecule has 0 saturated heterocycles. The maximum atomic E-state index is 12.7. The summed E-state index contributed by atoms with van der Waals surface area (Å²) < 4.78 is 32.9. The fourth-order valence-corrected chi connectivity index (χ4v) is 3.66. The molecule has 6 nitrogen and oxygen atoms in total. The van der Waals surface area contributed by atoms with Gasteiger partial charge in [0.1, 0.15) is 5.75 Å². The van der Waals surface area contributed by atoms with Crippen LogP contribution in [0.2, 0.25) is 0 Å². The lowest BCUT2D eigenvalue weighted by Crippen LogP contribution is -2.14. The lowest BCUT2D eigenvalue weighted by molar-refractivity contribution is 0.413. The van der Waals surface area contributed by atoms with Crippen LogP contribution in [0, 0.1) is 5.41 Å². The van der Waals surface area contributed by atoms with E-state index in [1.54, 1.807) is 42.5 Å². The second-order valence-electron chi connectivity index (χ2n) is 5.83. The molecule has 3 aromatic carbocycles. The zero-order valence-electron chi connectivity index (χ0n) is 14.6. The van der Waals surface area contributed by atoms with Gasteiger partial charge in [-0.3, -0.25) is 10.1 Å². The summed E-state index contributed by atoms with van der Waals surface area (Å²) in [7, 11) is -2.33. The molecule has 138 valence electrons. The first-order valence-electron chi connectivity index (χ1n) is 8.11.